The van der Waals surface area contributed by atoms with E-state index in [0.29, 0.717) is 5.65 Å². The zero-order valence-corrected chi connectivity index (χ0v) is 17.7. The molecule has 2 aromatic carbocycles. The number of aromatic amines is 1. The molecule has 2 N–H and O–H groups in total. The lowest BCUT2D eigenvalue weighted by Crippen LogP contribution is -2.50. The Morgan fingerprint density at radius 2 is 1.94 bits per heavy atom. The van der Waals surface area contributed by atoms with Crippen molar-refractivity contribution in [3.05, 3.63) is 77.3 Å². The molecule has 0 radical (unpaired) electrons. The van der Waals surface area contributed by atoms with Gasteiger partial charge in [-0.2, -0.15) is 0 Å². The molecule has 4 aromatic rings. The monoisotopic (exact) mass is 411 g/mol. The van der Waals surface area contributed by atoms with Crippen LogP contribution >= 0.6 is 0 Å². The van der Waals surface area contributed by atoms with Gasteiger partial charge < -0.3 is 15.2 Å². The first-order chi connectivity index (χ1) is 15.2. The highest BCUT2D eigenvalue weighted by atomic mass is 15.3. The predicted molar refractivity (Wildman–Crippen MR) is 123 cm³/mol. The molecule has 2 atom stereocenters. The SMILES string of the molecule is CCCC(Nc1ncnc2nc[nH]c12)C1N=c2cccc(C)c2=CN1c1ccccc1. The molecule has 0 bridgehead atoms. The van der Waals surface area contributed by atoms with Gasteiger partial charge in [0, 0.05) is 17.1 Å². The number of nitrogens with one attached hydrogen (secondary N) is 2. The van der Waals surface area contributed by atoms with Crippen LogP contribution in [-0.4, -0.2) is 32.1 Å². The predicted octanol–water partition coefficient (Wildman–Crippen LogP) is 3.15. The first kappa shape index (κ1) is 19.2. The van der Waals surface area contributed by atoms with Crippen LogP contribution in [-0.2, 0) is 0 Å². The van der Waals surface area contributed by atoms with E-state index < -0.39 is 0 Å². The van der Waals surface area contributed by atoms with Crippen LogP contribution in [0.4, 0.5) is 11.5 Å². The molecule has 1 aliphatic heterocycles. The molecule has 0 aliphatic carbocycles. The van der Waals surface area contributed by atoms with Crippen LogP contribution in [0, 0.1) is 6.92 Å². The van der Waals surface area contributed by atoms with Crippen molar-refractivity contribution >= 4 is 28.9 Å². The number of H-pyrrole nitrogens is 1. The minimum atomic E-state index is -0.121. The van der Waals surface area contributed by atoms with Gasteiger partial charge in [-0.05, 0) is 37.1 Å². The Hall–Kier alpha value is -3.74. The molecule has 0 saturated carbocycles. The largest absolute Gasteiger partial charge is 0.361 e. The minimum Gasteiger partial charge on any atom is -0.361 e. The fourth-order valence-electron chi connectivity index (χ4n) is 4.13. The minimum absolute atomic E-state index is 0.0384. The molecule has 0 saturated heterocycles. The molecule has 7 heteroatoms. The molecule has 5 rings (SSSR count). The van der Waals surface area contributed by atoms with Gasteiger partial charge in [0.1, 0.15) is 18.0 Å². The fraction of sp³-hybridized carbons (Fsp3) is 0.250. The Morgan fingerprint density at radius 3 is 2.77 bits per heavy atom. The number of nitrogens with zero attached hydrogens (tertiary/aromatic N) is 5. The van der Waals surface area contributed by atoms with E-state index in [1.165, 1.54) is 5.56 Å². The molecule has 0 fully saturated rings. The second-order valence-electron chi connectivity index (χ2n) is 7.79. The molecule has 7 nitrogen and oxygen atoms in total. The van der Waals surface area contributed by atoms with Crippen LogP contribution < -0.4 is 20.8 Å². The van der Waals surface area contributed by atoms with E-state index >= 15 is 0 Å². The topological polar surface area (TPSA) is 82.1 Å². The lowest BCUT2D eigenvalue weighted by molar-refractivity contribution is 0.515. The Bertz CT molecular complexity index is 1310. The second-order valence-corrected chi connectivity index (χ2v) is 7.79. The molecule has 156 valence electrons. The smallest absolute Gasteiger partial charge is 0.182 e. The highest BCUT2D eigenvalue weighted by Crippen LogP contribution is 2.25. The third-order valence-electron chi connectivity index (χ3n) is 5.68. The zero-order valence-electron chi connectivity index (χ0n) is 17.7. The second kappa shape index (κ2) is 8.18. The highest BCUT2D eigenvalue weighted by Gasteiger charge is 2.29. The van der Waals surface area contributed by atoms with E-state index in [4.69, 9.17) is 4.99 Å². The molecule has 2 unspecified atom stereocenters. The summed E-state index contributed by atoms with van der Waals surface area (Å²) in [5.74, 6) is 0.749. The third kappa shape index (κ3) is 3.63. The van der Waals surface area contributed by atoms with Gasteiger partial charge in [-0.3, -0.25) is 4.99 Å². The first-order valence-corrected chi connectivity index (χ1v) is 10.6. The maximum absolute atomic E-state index is 5.21. The van der Waals surface area contributed by atoms with Gasteiger partial charge in [0.25, 0.3) is 0 Å². The maximum Gasteiger partial charge on any atom is 0.182 e. The number of aromatic nitrogens is 4. The number of hydrogen-bond donors (Lipinski definition) is 2. The first-order valence-electron chi connectivity index (χ1n) is 10.6. The number of benzene rings is 2. The summed E-state index contributed by atoms with van der Waals surface area (Å²) in [7, 11) is 0. The van der Waals surface area contributed by atoms with E-state index in [1.54, 1.807) is 12.7 Å². The zero-order chi connectivity index (χ0) is 21.2. The van der Waals surface area contributed by atoms with Crippen molar-refractivity contribution in [1.82, 2.24) is 19.9 Å². The lowest BCUT2D eigenvalue weighted by Gasteiger charge is -2.36. The van der Waals surface area contributed by atoms with Crippen LogP contribution in [0.25, 0.3) is 17.4 Å². The Balaban J connectivity index is 1.62. The van der Waals surface area contributed by atoms with Gasteiger partial charge in [0.15, 0.2) is 11.5 Å². The molecule has 3 heterocycles. The summed E-state index contributed by atoms with van der Waals surface area (Å²) in [4.78, 5) is 23.6. The van der Waals surface area contributed by atoms with Gasteiger partial charge in [-0.1, -0.05) is 43.7 Å². The average molecular weight is 412 g/mol. The van der Waals surface area contributed by atoms with Crippen LogP contribution in [0.3, 0.4) is 0 Å². The van der Waals surface area contributed by atoms with Crippen LogP contribution in [0.2, 0.25) is 0 Å². The van der Waals surface area contributed by atoms with Gasteiger partial charge in [0.05, 0.1) is 17.7 Å². The van der Waals surface area contributed by atoms with Crippen molar-refractivity contribution < 1.29 is 0 Å². The quantitative estimate of drug-likeness (QED) is 0.509. The Morgan fingerprint density at radius 1 is 1.06 bits per heavy atom. The number of fused-ring (bicyclic) bond motifs is 2. The average Bonchev–Trinajstić information content (AvgIpc) is 3.29. The van der Waals surface area contributed by atoms with Crippen molar-refractivity contribution in [2.45, 2.75) is 38.9 Å². The molecule has 0 amide bonds. The molecular weight excluding hydrogens is 386 g/mol. The highest BCUT2D eigenvalue weighted by molar-refractivity contribution is 5.82. The van der Waals surface area contributed by atoms with Crippen molar-refractivity contribution in [1.29, 1.82) is 0 Å². The van der Waals surface area contributed by atoms with E-state index in [1.807, 2.05) is 6.07 Å². The molecule has 2 aromatic heterocycles. The Labute approximate surface area is 180 Å². The summed E-state index contributed by atoms with van der Waals surface area (Å²) in [6.45, 7) is 4.32. The van der Waals surface area contributed by atoms with Crippen molar-refractivity contribution in [3.63, 3.8) is 0 Å². The summed E-state index contributed by atoms with van der Waals surface area (Å²) < 4.78 is 0. The van der Waals surface area contributed by atoms with Crippen LogP contribution in [0.5, 0.6) is 0 Å². The summed E-state index contributed by atoms with van der Waals surface area (Å²) >= 11 is 0. The van der Waals surface area contributed by atoms with Gasteiger partial charge >= 0.3 is 0 Å². The Kier molecular flexibility index (Phi) is 5.08. The summed E-state index contributed by atoms with van der Waals surface area (Å²) in [6, 6.07) is 16.8. The molecule has 1 aliphatic rings. The summed E-state index contributed by atoms with van der Waals surface area (Å²) in [5, 5.41) is 5.83. The normalized spacial score (nSPS) is 16.3. The van der Waals surface area contributed by atoms with Gasteiger partial charge in [-0.15, -0.1) is 0 Å². The van der Waals surface area contributed by atoms with E-state index in [-0.39, 0.29) is 12.2 Å². The lowest BCUT2D eigenvalue weighted by atomic mass is 10.0. The van der Waals surface area contributed by atoms with E-state index in [9.17, 15) is 0 Å². The number of hydrogen-bond acceptors (Lipinski definition) is 6. The number of aryl methyl sites for hydroxylation is 1. The molecule has 0 spiro atoms. The molecule has 31 heavy (non-hydrogen) atoms. The van der Waals surface area contributed by atoms with Crippen molar-refractivity contribution in [2.24, 2.45) is 4.99 Å². The number of anilines is 2. The summed E-state index contributed by atoms with van der Waals surface area (Å²) in [5.41, 5.74) is 3.80. The van der Waals surface area contributed by atoms with Crippen molar-refractivity contribution in [2.75, 3.05) is 10.2 Å². The number of imidazole rings is 1. The summed E-state index contributed by atoms with van der Waals surface area (Å²) in [6.07, 6.45) is 7.26. The van der Waals surface area contributed by atoms with Crippen LogP contribution in [0.1, 0.15) is 25.3 Å². The number of rotatable bonds is 6. The van der Waals surface area contributed by atoms with E-state index in [0.717, 1.165) is 40.4 Å². The molecular formula is C24H25N7. The number of para-hydroxylation sites is 1. The fourth-order valence-corrected chi connectivity index (χ4v) is 4.13. The van der Waals surface area contributed by atoms with E-state index in [2.05, 4.69) is 92.7 Å². The van der Waals surface area contributed by atoms with Gasteiger partial charge in [0.2, 0.25) is 0 Å². The van der Waals surface area contributed by atoms with Crippen LogP contribution in [0.15, 0.2) is 66.2 Å². The maximum atomic E-state index is 5.21. The standard InChI is InChI=1S/C24H25N7/c1-3-8-20(29-23-21-22(26-14-25-21)27-15-28-23)24-30-19-12-7-9-16(2)18(19)13-31(24)17-10-5-4-6-11-17/h4-7,9-15,20,24H,3,8H2,1-2H3,(H2,25,26,27,28,29). The third-order valence-corrected chi connectivity index (χ3v) is 5.68. The van der Waals surface area contributed by atoms with Gasteiger partial charge in [-0.25, -0.2) is 15.0 Å². The van der Waals surface area contributed by atoms with Crippen molar-refractivity contribution in [3.8, 4) is 0 Å².